The molecule has 0 spiro atoms. The van der Waals surface area contributed by atoms with E-state index in [-0.39, 0.29) is 17.1 Å². The Morgan fingerprint density at radius 1 is 1.12 bits per heavy atom. The van der Waals surface area contributed by atoms with Crippen molar-refractivity contribution in [3.63, 3.8) is 0 Å². The van der Waals surface area contributed by atoms with Gasteiger partial charge in [-0.25, -0.2) is 0 Å². The zero-order chi connectivity index (χ0) is 23.7. The Balaban J connectivity index is 1.59. The number of ether oxygens (including phenoxy) is 1. The summed E-state index contributed by atoms with van der Waals surface area (Å²) in [5.74, 6) is 3.37. The van der Waals surface area contributed by atoms with Crippen molar-refractivity contribution in [1.29, 1.82) is 0 Å². The second-order valence-corrected chi connectivity index (χ2v) is 13.2. The van der Waals surface area contributed by atoms with E-state index >= 15 is 0 Å². The van der Waals surface area contributed by atoms with Crippen LogP contribution >= 0.6 is 11.8 Å². The average molecular weight is 471 g/mol. The zero-order valence-electron chi connectivity index (χ0n) is 21.9. The quantitative estimate of drug-likeness (QED) is 0.370. The molecule has 0 bridgehead atoms. The first-order valence-electron chi connectivity index (χ1n) is 12.8. The Labute approximate surface area is 201 Å². The van der Waals surface area contributed by atoms with Crippen molar-refractivity contribution in [2.24, 2.45) is 28.6 Å². The molecule has 3 aliphatic rings. The van der Waals surface area contributed by atoms with Crippen LogP contribution in [-0.4, -0.2) is 78.6 Å². The van der Waals surface area contributed by atoms with E-state index in [2.05, 4.69) is 69.1 Å². The third kappa shape index (κ3) is 6.02. The number of rotatable bonds is 8. The van der Waals surface area contributed by atoms with Gasteiger partial charge in [0.15, 0.2) is 0 Å². The monoisotopic (exact) mass is 470 g/mol. The van der Waals surface area contributed by atoms with Crippen molar-refractivity contribution in [2.45, 2.75) is 91.2 Å². The predicted octanol–water partition coefficient (Wildman–Crippen LogP) is 3.58. The fraction of sp³-hybridized carbons (Fsp3) is 1.00. The molecule has 0 aromatic heterocycles. The van der Waals surface area contributed by atoms with Crippen LogP contribution in [0.15, 0.2) is 0 Å². The topological polar surface area (TPSA) is 60.0 Å². The second kappa shape index (κ2) is 10.8. The average Bonchev–Trinajstić information content (AvgIpc) is 3.03. The number of piperidine rings is 1. The third-order valence-corrected chi connectivity index (χ3v) is 9.96. The summed E-state index contributed by atoms with van der Waals surface area (Å²) in [6, 6.07) is 0.580. The minimum atomic E-state index is -0.522. The van der Waals surface area contributed by atoms with Gasteiger partial charge in [-0.05, 0) is 76.4 Å². The largest absolute Gasteiger partial charge is 0.378 e. The molecule has 6 nitrogen and oxygen atoms in total. The first kappa shape index (κ1) is 26.7. The number of aliphatic hydroxyl groups excluding tert-OH is 1. The number of nitrogens with one attached hydrogen (secondary N) is 2. The highest BCUT2D eigenvalue weighted by Crippen LogP contribution is 2.49. The van der Waals surface area contributed by atoms with E-state index in [4.69, 9.17) is 4.74 Å². The minimum Gasteiger partial charge on any atom is -0.378 e. The maximum atomic E-state index is 11.3. The van der Waals surface area contributed by atoms with Crippen LogP contribution in [0.3, 0.4) is 0 Å². The van der Waals surface area contributed by atoms with Crippen LogP contribution in [0.4, 0.5) is 0 Å². The van der Waals surface area contributed by atoms with E-state index < -0.39 is 6.23 Å². The normalized spacial score (nSPS) is 42.3. The first-order chi connectivity index (χ1) is 15.0. The lowest BCUT2D eigenvalue weighted by atomic mass is 9.61. The van der Waals surface area contributed by atoms with E-state index in [1.54, 1.807) is 0 Å². The molecule has 2 saturated heterocycles. The minimum absolute atomic E-state index is 0.161. The molecule has 1 aliphatic carbocycles. The van der Waals surface area contributed by atoms with Gasteiger partial charge in [-0.15, -0.1) is 11.8 Å². The fourth-order valence-corrected chi connectivity index (χ4v) is 8.38. The molecule has 2 heterocycles. The van der Waals surface area contributed by atoms with Crippen LogP contribution < -0.4 is 10.6 Å². The van der Waals surface area contributed by atoms with Crippen molar-refractivity contribution in [3.8, 4) is 0 Å². The molecule has 0 aromatic carbocycles. The van der Waals surface area contributed by atoms with Crippen molar-refractivity contribution in [2.75, 3.05) is 39.7 Å². The first-order valence-corrected chi connectivity index (χ1v) is 13.8. The Morgan fingerprint density at radius 2 is 1.78 bits per heavy atom. The van der Waals surface area contributed by atoms with Gasteiger partial charge in [0, 0.05) is 23.8 Å². The molecular formula is C25H50N4O2S. The standard InChI is InChI=1S/C25H50N4O2S/c1-9-31-16-26-20-14-25(6,10-11-28(20)7)22(30)27-23-29(8)19(15-32-23)21-17(2)12-24(4,5)13-18(21)3/h17-23,26-27,30H,9-16H2,1-8H3. The van der Waals surface area contributed by atoms with Gasteiger partial charge in [0.25, 0.3) is 0 Å². The van der Waals surface area contributed by atoms with Crippen molar-refractivity contribution < 1.29 is 9.84 Å². The third-order valence-electron chi connectivity index (χ3n) is 8.64. The van der Waals surface area contributed by atoms with Crippen molar-refractivity contribution >= 4 is 11.8 Å². The molecule has 3 rings (SSSR count). The smallest absolute Gasteiger partial charge is 0.112 e. The van der Waals surface area contributed by atoms with E-state index in [0.29, 0.717) is 24.8 Å². The molecule has 0 radical (unpaired) electrons. The highest BCUT2D eigenvalue weighted by atomic mass is 32.2. The number of hydrogen-bond donors (Lipinski definition) is 3. The lowest BCUT2D eigenvalue weighted by Gasteiger charge is -2.48. The predicted molar refractivity (Wildman–Crippen MR) is 135 cm³/mol. The number of thioether (sulfide) groups is 1. The summed E-state index contributed by atoms with van der Waals surface area (Å²) in [6.45, 7) is 16.3. The summed E-state index contributed by atoms with van der Waals surface area (Å²) in [7, 11) is 4.42. The van der Waals surface area contributed by atoms with Crippen molar-refractivity contribution in [1.82, 2.24) is 20.4 Å². The molecule has 0 amide bonds. The molecule has 32 heavy (non-hydrogen) atoms. The summed E-state index contributed by atoms with van der Waals surface area (Å²) in [5, 5.41) is 18.5. The molecule has 7 heteroatoms. The van der Waals surface area contributed by atoms with E-state index in [9.17, 15) is 5.11 Å². The lowest BCUT2D eigenvalue weighted by Crippen LogP contribution is -2.59. The molecule has 3 fully saturated rings. The van der Waals surface area contributed by atoms with Crippen LogP contribution in [0.5, 0.6) is 0 Å². The Bertz CT molecular complexity index is 594. The van der Waals surface area contributed by atoms with Crippen molar-refractivity contribution in [3.05, 3.63) is 0 Å². The maximum absolute atomic E-state index is 11.3. The van der Waals surface area contributed by atoms with Gasteiger partial charge in [-0.2, -0.15) is 0 Å². The number of likely N-dealkylation sites (tertiary alicyclic amines) is 1. The van der Waals surface area contributed by atoms with Crippen LogP contribution in [0.25, 0.3) is 0 Å². The molecule has 188 valence electrons. The summed E-state index contributed by atoms with van der Waals surface area (Å²) in [6.07, 6.45) is 4.23. The Morgan fingerprint density at radius 3 is 2.41 bits per heavy atom. The summed E-state index contributed by atoms with van der Waals surface area (Å²) >= 11 is 1.97. The molecule has 0 aromatic rings. The number of hydrogen-bond acceptors (Lipinski definition) is 7. The molecule has 1 saturated carbocycles. The number of nitrogens with zero attached hydrogens (tertiary/aromatic N) is 2. The lowest BCUT2D eigenvalue weighted by molar-refractivity contribution is -0.0681. The van der Waals surface area contributed by atoms with E-state index in [1.807, 2.05) is 18.7 Å². The molecule has 2 aliphatic heterocycles. The fourth-order valence-electron chi connectivity index (χ4n) is 6.92. The summed E-state index contributed by atoms with van der Waals surface area (Å²) in [5.41, 5.74) is 0.476. The second-order valence-electron chi connectivity index (χ2n) is 12.0. The van der Waals surface area contributed by atoms with E-state index in [0.717, 1.165) is 42.9 Å². The summed E-state index contributed by atoms with van der Waals surface area (Å²) in [4.78, 5) is 4.86. The van der Waals surface area contributed by atoms with Gasteiger partial charge in [0.05, 0.1) is 12.9 Å². The number of aliphatic hydroxyl groups is 1. The van der Waals surface area contributed by atoms with Crippen LogP contribution in [0, 0.1) is 28.6 Å². The van der Waals surface area contributed by atoms with Gasteiger partial charge in [0.1, 0.15) is 11.7 Å². The maximum Gasteiger partial charge on any atom is 0.112 e. The SMILES string of the molecule is CCOCNC1CC(C)(C(O)NC2SCC(C3C(C)CC(C)(C)CC3C)N2C)CCN1C. The van der Waals surface area contributed by atoms with Crippen LogP contribution in [0.1, 0.15) is 67.2 Å². The Kier molecular flexibility index (Phi) is 9.01. The zero-order valence-corrected chi connectivity index (χ0v) is 22.7. The molecule has 7 atom stereocenters. The van der Waals surface area contributed by atoms with E-state index in [1.165, 1.54) is 12.8 Å². The van der Waals surface area contributed by atoms with Gasteiger partial charge in [-0.1, -0.05) is 34.6 Å². The summed E-state index contributed by atoms with van der Waals surface area (Å²) < 4.78 is 5.51. The molecule has 7 unspecified atom stereocenters. The van der Waals surface area contributed by atoms with Gasteiger partial charge < -0.3 is 9.84 Å². The molecule has 3 N–H and O–H groups in total. The highest BCUT2D eigenvalue weighted by Gasteiger charge is 2.47. The van der Waals surface area contributed by atoms with Gasteiger partial charge in [-0.3, -0.25) is 20.4 Å². The highest BCUT2D eigenvalue weighted by molar-refractivity contribution is 8.00. The van der Waals surface area contributed by atoms with Crippen LogP contribution in [-0.2, 0) is 4.74 Å². The van der Waals surface area contributed by atoms with Gasteiger partial charge >= 0.3 is 0 Å². The Hall–Kier alpha value is 0.110. The molecular weight excluding hydrogens is 420 g/mol. The van der Waals surface area contributed by atoms with Gasteiger partial charge in [0.2, 0.25) is 0 Å². The van der Waals surface area contributed by atoms with Crippen LogP contribution in [0.2, 0.25) is 0 Å².